The quantitative estimate of drug-likeness (QED) is 0.116. The summed E-state index contributed by atoms with van der Waals surface area (Å²) < 4.78 is 16.0. The van der Waals surface area contributed by atoms with E-state index in [2.05, 4.69) is 56.2 Å². The average Bonchev–Trinajstić information content (AvgIpc) is 3.48. The molecule has 12 heteroatoms. The van der Waals surface area contributed by atoms with Crippen LogP contribution in [0.2, 0.25) is 10.0 Å². The van der Waals surface area contributed by atoms with E-state index in [-0.39, 0.29) is 23.2 Å². The van der Waals surface area contributed by atoms with Crippen molar-refractivity contribution in [2.24, 2.45) is 0 Å². The van der Waals surface area contributed by atoms with Gasteiger partial charge in [-0.2, -0.15) is 4.98 Å². The summed E-state index contributed by atoms with van der Waals surface area (Å²) in [6.45, 7) is 7.07. The number of benzene rings is 3. The second kappa shape index (κ2) is 15.2. The number of piperazine rings is 1. The van der Waals surface area contributed by atoms with Crippen molar-refractivity contribution in [2.45, 2.75) is 6.54 Å². The maximum Gasteiger partial charge on any atom is 0.339 e. The van der Waals surface area contributed by atoms with Crippen molar-refractivity contribution >= 4 is 40.3 Å². The number of hydrogen-bond donors (Lipinski definition) is 2. The number of carbonyl (C=O) groups excluding carboxylic acids is 1. The van der Waals surface area contributed by atoms with E-state index >= 15 is 0 Å². The number of carbonyl (C=O) groups is 1. The predicted molar refractivity (Wildman–Crippen MR) is 182 cm³/mol. The summed E-state index contributed by atoms with van der Waals surface area (Å²) in [5.74, 6) is -0.203. The molecule has 6 rings (SSSR count). The van der Waals surface area contributed by atoms with Crippen LogP contribution in [0.4, 0.5) is 0 Å². The van der Waals surface area contributed by atoms with E-state index in [1.807, 2.05) is 12.1 Å². The van der Waals surface area contributed by atoms with Crippen molar-refractivity contribution < 1.29 is 24.1 Å². The van der Waals surface area contributed by atoms with Gasteiger partial charge < -0.3 is 24.3 Å². The van der Waals surface area contributed by atoms with Crippen LogP contribution in [0.5, 0.6) is 11.8 Å². The standard InChI is InChI=1S/C35H35Cl2N5O5/c1-45-34(44)28-20-27(10-11-29(28)36)47-35-38-31-21-30(37)32(39-33(31)40-35)26-8-6-25(7-9-26)24-4-2-23(3-5-24)22-42-14-12-41(13-15-42)16-18-46-19-17-43/h2-11,20-21,43H,12-19,22H2,1H3,(H,38,39,40). The number of ether oxygens (including phenoxy) is 3. The van der Waals surface area contributed by atoms with Crippen molar-refractivity contribution in [1.29, 1.82) is 0 Å². The Labute approximate surface area is 282 Å². The number of fused-ring (bicyclic) bond motifs is 1. The number of esters is 1. The Hall–Kier alpha value is -4.03. The highest BCUT2D eigenvalue weighted by Gasteiger charge is 2.18. The first kappa shape index (κ1) is 32.9. The summed E-state index contributed by atoms with van der Waals surface area (Å²) in [4.78, 5) is 29.1. The van der Waals surface area contributed by atoms with Gasteiger partial charge in [0, 0.05) is 44.8 Å². The van der Waals surface area contributed by atoms with Gasteiger partial charge in [-0.15, -0.1) is 0 Å². The van der Waals surface area contributed by atoms with Gasteiger partial charge in [0.05, 0.1) is 53.7 Å². The van der Waals surface area contributed by atoms with Gasteiger partial charge >= 0.3 is 12.0 Å². The number of halogens is 2. The Morgan fingerprint density at radius 1 is 0.851 bits per heavy atom. The molecule has 3 aromatic carbocycles. The molecule has 2 aromatic heterocycles. The van der Waals surface area contributed by atoms with Crippen molar-refractivity contribution in [3.8, 4) is 34.1 Å². The minimum atomic E-state index is -0.564. The Bertz CT molecular complexity index is 1820. The summed E-state index contributed by atoms with van der Waals surface area (Å²) in [5, 5.41) is 9.57. The molecule has 0 atom stereocenters. The maximum atomic E-state index is 12.0. The highest BCUT2D eigenvalue weighted by molar-refractivity contribution is 6.34. The number of methoxy groups -OCH3 is 1. The number of rotatable bonds is 12. The average molecular weight is 677 g/mol. The van der Waals surface area contributed by atoms with E-state index in [0.717, 1.165) is 56.0 Å². The van der Waals surface area contributed by atoms with Crippen molar-refractivity contribution in [3.63, 3.8) is 0 Å². The number of pyridine rings is 1. The lowest BCUT2D eigenvalue weighted by molar-refractivity contribution is 0.0564. The second-order valence-electron chi connectivity index (χ2n) is 11.2. The van der Waals surface area contributed by atoms with Gasteiger partial charge in [-0.05, 0) is 41.0 Å². The molecule has 244 valence electrons. The summed E-state index contributed by atoms with van der Waals surface area (Å²) >= 11 is 12.8. The van der Waals surface area contributed by atoms with E-state index in [9.17, 15) is 4.79 Å². The molecule has 0 unspecified atom stereocenters. The molecular weight excluding hydrogens is 641 g/mol. The third-order valence-electron chi connectivity index (χ3n) is 8.07. The number of imidazole rings is 1. The summed E-state index contributed by atoms with van der Waals surface area (Å²) in [6, 6.07) is 23.5. The molecule has 1 aliphatic heterocycles. The lowest BCUT2D eigenvalue weighted by Gasteiger charge is -2.34. The summed E-state index contributed by atoms with van der Waals surface area (Å²) in [6.07, 6.45) is 0. The molecule has 10 nitrogen and oxygen atoms in total. The first-order valence-corrected chi connectivity index (χ1v) is 16.1. The number of hydrogen-bond acceptors (Lipinski definition) is 9. The second-order valence-corrected chi connectivity index (χ2v) is 12.0. The Morgan fingerprint density at radius 3 is 2.23 bits per heavy atom. The molecule has 5 aromatic rings. The smallest absolute Gasteiger partial charge is 0.339 e. The van der Waals surface area contributed by atoms with Crippen LogP contribution < -0.4 is 4.74 Å². The zero-order valence-electron chi connectivity index (χ0n) is 25.9. The molecule has 0 radical (unpaired) electrons. The molecule has 0 bridgehead atoms. The van der Waals surface area contributed by atoms with Crippen molar-refractivity contribution in [1.82, 2.24) is 24.8 Å². The van der Waals surface area contributed by atoms with Crippen LogP contribution in [0.1, 0.15) is 15.9 Å². The van der Waals surface area contributed by atoms with E-state index < -0.39 is 5.97 Å². The highest BCUT2D eigenvalue weighted by Crippen LogP contribution is 2.32. The molecule has 1 fully saturated rings. The van der Waals surface area contributed by atoms with Crippen LogP contribution in [0.15, 0.2) is 72.8 Å². The lowest BCUT2D eigenvalue weighted by Crippen LogP contribution is -2.46. The minimum absolute atomic E-state index is 0.0722. The van der Waals surface area contributed by atoms with Crippen molar-refractivity contribution in [3.05, 3.63) is 94.0 Å². The van der Waals surface area contributed by atoms with Gasteiger partial charge in [0.1, 0.15) is 5.75 Å². The third kappa shape index (κ3) is 8.10. The minimum Gasteiger partial charge on any atom is -0.465 e. The molecule has 1 aliphatic rings. The van der Waals surface area contributed by atoms with Gasteiger partial charge in [-0.3, -0.25) is 9.80 Å². The summed E-state index contributed by atoms with van der Waals surface area (Å²) in [5.41, 5.74) is 6.23. The zero-order valence-corrected chi connectivity index (χ0v) is 27.4. The van der Waals surface area contributed by atoms with Crippen LogP contribution in [0.3, 0.4) is 0 Å². The SMILES string of the molecule is COC(=O)c1cc(Oc2nc3nc(-c4ccc(-c5ccc(CN6CCN(CCOCCO)CC6)cc5)cc4)c(Cl)cc3[nH]2)ccc1Cl. The Balaban J connectivity index is 1.08. The third-order valence-corrected chi connectivity index (χ3v) is 8.68. The molecule has 3 heterocycles. The van der Waals surface area contributed by atoms with Crippen LogP contribution in [-0.4, -0.2) is 95.5 Å². The number of aliphatic hydroxyl groups is 1. The Kier molecular flexibility index (Phi) is 10.7. The van der Waals surface area contributed by atoms with Gasteiger partial charge in [-0.1, -0.05) is 71.7 Å². The van der Waals surface area contributed by atoms with Gasteiger partial charge in [0.15, 0.2) is 5.65 Å². The van der Waals surface area contributed by atoms with E-state index in [4.69, 9.17) is 47.5 Å². The molecule has 47 heavy (non-hydrogen) atoms. The summed E-state index contributed by atoms with van der Waals surface area (Å²) in [7, 11) is 1.29. The van der Waals surface area contributed by atoms with Crippen LogP contribution in [0.25, 0.3) is 33.5 Å². The van der Waals surface area contributed by atoms with Gasteiger partial charge in [-0.25, -0.2) is 9.78 Å². The molecule has 0 saturated carbocycles. The zero-order chi connectivity index (χ0) is 32.8. The number of nitrogens with zero attached hydrogens (tertiary/aromatic N) is 4. The topological polar surface area (TPSA) is 113 Å². The van der Waals surface area contributed by atoms with E-state index in [1.165, 1.54) is 18.7 Å². The van der Waals surface area contributed by atoms with Crippen LogP contribution in [0, 0.1) is 0 Å². The fourth-order valence-corrected chi connectivity index (χ4v) is 5.96. The maximum absolute atomic E-state index is 12.0. The first-order chi connectivity index (χ1) is 22.9. The van der Waals surface area contributed by atoms with Crippen molar-refractivity contribution in [2.75, 3.05) is 59.7 Å². The largest absolute Gasteiger partial charge is 0.465 e. The number of nitrogens with one attached hydrogen (secondary N) is 1. The first-order valence-electron chi connectivity index (χ1n) is 15.3. The van der Waals surface area contributed by atoms with Crippen LogP contribution >= 0.6 is 23.2 Å². The molecular formula is C35H35Cl2N5O5. The monoisotopic (exact) mass is 675 g/mol. The van der Waals surface area contributed by atoms with Gasteiger partial charge in [0.2, 0.25) is 0 Å². The lowest BCUT2D eigenvalue weighted by atomic mass is 10.0. The Morgan fingerprint density at radius 2 is 1.53 bits per heavy atom. The highest BCUT2D eigenvalue weighted by atomic mass is 35.5. The number of aliphatic hydroxyl groups excluding tert-OH is 1. The van der Waals surface area contributed by atoms with Gasteiger partial charge in [0.25, 0.3) is 0 Å². The molecule has 0 spiro atoms. The predicted octanol–water partition coefficient (Wildman–Crippen LogP) is 6.30. The number of aromatic nitrogens is 3. The number of aromatic amines is 1. The number of H-pyrrole nitrogens is 1. The normalized spacial score (nSPS) is 14.0. The fourth-order valence-electron chi connectivity index (χ4n) is 5.51. The van der Waals surface area contributed by atoms with E-state index in [1.54, 1.807) is 18.2 Å². The van der Waals surface area contributed by atoms with Crippen LogP contribution in [-0.2, 0) is 16.0 Å². The van der Waals surface area contributed by atoms with E-state index in [0.29, 0.717) is 40.8 Å². The molecule has 2 N–H and O–H groups in total. The molecule has 0 amide bonds. The molecule has 1 saturated heterocycles. The fraction of sp³-hybridized carbons (Fsp3) is 0.286. The molecule has 0 aliphatic carbocycles.